The molecule has 0 saturated carbocycles. The largest absolute Gasteiger partial charge is 0.168 e. The Morgan fingerprint density at radius 1 is 1.40 bits per heavy atom. The fourth-order valence-electron chi connectivity index (χ4n) is 0.738. The zero-order chi connectivity index (χ0) is 7.98. The van der Waals surface area contributed by atoms with Crippen LogP contribution in [-0.4, -0.2) is 17.8 Å². The fraction of sp³-hybridized carbons (Fsp3) is 1.00. The van der Waals surface area contributed by atoms with E-state index in [-0.39, 0.29) is 0 Å². The number of hydrogen-bond acceptors (Lipinski definition) is 1. The molecule has 0 spiro atoms. The van der Waals surface area contributed by atoms with Gasteiger partial charge in [-0.3, -0.25) is 0 Å². The Labute approximate surface area is 63.7 Å². The summed E-state index contributed by atoms with van der Waals surface area (Å²) in [5.74, 6) is 0.777. The van der Waals surface area contributed by atoms with Crippen molar-refractivity contribution in [1.82, 2.24) is 0 Å². The lowest BCUT2D eigenvalue weighted by molar-refractivity contribution is -0.612. The van der Waals surface area contributed by atoms with Crippen LogP contribution in [0.4, 0.5) is 0 Å². The Kier molecular flexibility index (Phi) is 5.17. The SMILES string of the molecule is CCC(C)CC[N+](=N)CC. The van der Waals surface area contributed by atoms with Gasteiger partial charge in [0.2, 0.25) is 0 Å². The second-order valence-corrected chi connectivity index (χ2v) is 2.88. The smallest absolute Gasteiger partial charge is 0.130 e. The monoisotopic (exact) mass is 143 g/mol. The Hall–Kier alpha value is -0.400. The van der Waals surface area contributed by atoms with E-state index in [0.29, 0.717) is 0 Å². The summed E-state index contributed by atoms with van der Waals surface area (Å²) in [6, 6.07) is 0. The van der Waals surface area contributed by atoms with E-state index in [9.17, 15) is 0 Å². The molecule has 0 aliphatic carbocycles. The number of nitrogens with zero attached hydrogens (tertiary/aromatic N) is 1. The van der Waals surface area contributed by atoms with Crippen LogP contribution in [0.25, 0.3) is 0 Å². The maximum absolute atomic E-state index is 7.32. The highest BCUT2D eigenvalue weighted by atomic mass is 15.2. The summed E-state index contributed by atoms with van der Waals surface area (Å²) in [7, 11) is 0. The van der Waals surface area contributed by atoms with Crippen LogP contribution in [0.5, 0.6) is 0 Å². The van der Waals surface area contributed by atoms with Crippen LogP contribution in [0.3, 0.4) is 0 Å². The highest BCUT2D eigenvalue weighted by Crippen LogP contribution is 2.05. The molecule has 2 nitrogen and oxygen atoms in total. The Balaban J connectivity index is 3.26. The average molecular weight is 143 g/mol. The second kappa shape index (κ2) is 5.39. The number of hydrogen-bond donors (Lipinski definition) is 1. The molecule has 0 aromatic carbocycles. The van der Waals surface area contributed by atoms with Gasteiger partial charge in [-0.2, -0.15) is 0 Å². The molecule has 0 saturated heterocycles. The average Bonchev–Trinajstić information content (AvgIpc) is 1.99. The molecule has 0 radical (unpaired) electrons. The molecule has 0 amide bonds. The molecule has 0 heterocycles. The van der Waals surface area contributed by atoms with Crippen molar-refractivity contribution in [2.45, 2.75) is 33.6 Å². The van der Waals surface area contributed by atoms with Crippen LogP contribution in [0.2, 0.25) is 0 Å². The van der Waals surface area contributed by atoms with Crippen LogP contribution >= 0.6 is 0 Å². The van der Waals surface area contributed by atoms with E-state index in [4.69, 9.17) is 5.53 Å². The quantitative estimate of drug-likeness (QED) is 0.452. The van der Waals surface area contributed by atoms with E-state index >= 15 is 0 Å². The van der Waals surface area contributed by atoms with Gasteiger partial charge in [-0.25, -0.2) is 0 Å². The minimum Gasteiger partial charge on any atom is -0.130 e. The minimum absolute atomic E-state index is 0.777. The summed E-state index contributed by atoms with van der Waals surface area (Å²) in [6.07, 6.45) is 2.39. The summed E-state index contributed by atoms with van der Waals surface area (Å²) < 4.78 is 1.62. The van der Waals surface area contributed by atoms with Gasteiger partial charge >= 0.3 is 0 Å². The molecular weight excluding hydrogens is 124 g/mol. The highest BCUT2D eigenvalue weighted by molar-refractivity contribution is 4.46. The summed E-state index contributed by atoms with van der Waals surface area (Å²) >= 11 is 0. The third kappa shape index (κ3) is 4.48. The van der Waals surface area contributed by atoms with Gasteiger partial charge in [-0.05, 0) is 12.8 Å². The maximum atomic E-state index is 7.32. The van der Waals surface area contributed by atoms with Gasteiger partial charge in [0, 0.05) is 6.42 Å². The van der Waals surface area contributed by atoms with Crippen molar-refractivity contribution in [3.63, 3.8) is 0 Å². The van der Waals surface area contributed by atoms with Gasteiger partial charge in [0.15, 0.2) is 13.1 Å². The van der Waals surface area contributed by atoms with Gasteiger partial charge in [0.1, 0.15) is 0 Å². The molecule has 0 aliphatic rings. The molecule has 0 aliphatic heterocycles. The molecule has 1 atom stereocenters. The summed E-state index contributed by atoms with van der Waals surface area (Å²) in [6.45, 7) is 8.22. The molecule has 60 valence electrons. The molecule has 1 N–H and O–H groups in total. The molecule has 0 aromatic heterocycles. The lowest BCUT2D eigenvalue weighted by atomic mass is 10.1. The predicted octanol–water partition coefficient (Wildman–Crippen LogP) is 2.49. The van der Waals surface area contributed by atoms with Crippen molar-refractivity contribution in [3.05, 3.63) is 0 Å². The summed E-state index contributed by atoms with van der Waals surface area (Å²) in [5.41, 5.74) is 7.32. The van der Waals surface area contributed by atoms with E-state index in [1.165, 1.54) is 6.42 Å². The lowest BCUT2D eigenvalue weighted by Crippen LogP contribution is -2.11. The number of nitrogens with one attached hydrogen (secondary N) is 1. The molecule has 0 rings (SSSR count). The molecule has 0 aromatic rings. The maximum Gasteiger partial charge on any atom is 0.168 e. The number of rotatable bonds is 5. The summed E-state index contributed by atoms with van der Waals surface area (Å²) in [4.78, 5) is 0. The van der Waals surface area contributed by atoms with Crippen LogP contribution in [-0.2, 0) is 0 Å². The van der Waals surface area contributed by atoms with E-state index in [0.717, 1.165) is 25.4 Å². The standard InChI is InChI=1S/C8H19N2/c1-4-8(3)6-7-10(9)5-2/h8-9H,4-7H2,1-3H3/q+1. The Morgan fingerprint density at radius 2 is 2.00 bits per heavy atom. The molecule has 2 heteroatoms. The molecule has 1 unspecified atom stereocenters. The Bertz CT molecular complexity index is 99.4. The zero-order valence-electron chi connectivity index (χ0n) is 7.35. The van der Waals surface area contributed by atoms with E-state index < -0.39 is 0 Å². The van der Waals surface area contributed by atoms with Gasteiger partial charge in [-0.15, -0.1) is 4.70 Å². The first-order valence-corrected chi connectivity index (χ1v) is 4.16. The van der Waals surface area contributed by atoms with Crippen molar-refractivity contribution in [2.24, 2.45) is 5.92 Å². The summed E-state index contributed by atoms with van der Waals surface area (Å²) in [5, 5.41) is 0. The topological polar surface area (TPSA) is 26.9 Å². The van der Waals surface area contributed by atoms with Crippen molar-refractivity contribution >= 4 is 0 Å². The lowest BCUT2D eigenvalue weighted by Gasteiger charge is -2.03. The van der Waals surface area contributed by atoms with Crippen LogP contribution in [0.15, 0.2) is 0 Å². The van der Waals surface area contributed by atoms with Gasteiger partial charge in [0.05, 0.1) is 0 Å². The Morgan fingerprint density at radius 3 is 2.40 bits per heavy atom. The van der Waals surface area contributed by atoms with Crippen molar-refractivity contribution in [3.8, 4) is 0 Å². The minimum atomic E-state index is 0.777. The highest BCUT2D eigenvalue weighted by Gasteiger charge is 2.03. The molecule has 0 fully saturated rings. The van der Waals surface area contributed by atoms with Gasteiger partial charge in [0.25, 0.3) is 0 Å². The third-order valence-corrected chi connectivity index (χ3v) is 1.97. The van der Waals surface area contributed by atoms with E-state index in [2.05, 4.69) is 13.8 Å². The predicted molar refractivity (Wildman–Crippen MR) is 42.5 cm³/mol. The van der Waals surface area contributed by atoms with Gasteiger partial charge < -0.3 is 0 Å². The third-order valence-electron chi connectivity index (χ3n) is 1.97. The fourth-order valence-corrected chi connectivity index (χ4v) is 0.738. The normalized spacial score (nSPS) is 13.1. The van der Waals surface area contributed by atoms with Crippen molar-refractivity contribution < 1.29 is 4.70 Å². The second-order valence-electron chi connectivity index (χ2n) is 2.88. The zero-order valence-corrected chi connectivity index (χ0v) is 7.35. The van der Waals surface area contributed by atoms with Gasteiger partial charge in [-0.1, -0.05) is 25.8 Å². The van der Waals surface area contributed by atoms with E-state index in [1.807, 2.05) is 6.92 Å². The first kappa shape index (κ1) is 9.60. The molecular formula is C8H19N2+. The molecule has 10 heavy (non-hydrogen) atoms. The van der Waals surface area contributed by atoms with Crippen molar-refractivity contribution in [1.29, 1.82) is 5.53 Å². The first-order valence-electron chi connectivity index (χ1n) is 4.16. The van der Waals surface area contributed by atoms with Crippen LogP contribution in [0, 0.1) is 11.4 Å². The van der Waals surface area contributed by atoms with Crippen LogP contribution < -0.4 is 0 Å². The van der Waals surface area contributed by atoms with Crippen molar-refractivity contribution in [2.75, 3.05) is 13.1 Å². The molecule has 0 bridgehead atoms. The first-order chi connectivity index (χ1) is 4.70. The van der Waals surface area contributed by atoms with E-state index in [1.54, 1.807) is 4.70 Å². The van der Waals surface area contributed by atoms with Crippen LogP contribution in [0.1, 0.15) is 33.6 Å².